The second kappa shape index (κ2) is 8.12. The molecule has 132 valence electrons. The molecule has 1 amide bonds. The van der Waals surface area contributed by atoms with E-state index in [0.717, 1.165) is 11.4 Å². The normalized spacial score (nSPS) is 10.9. The largest absolute Gasteiger partial charge is 0.494 e. The van der Waals surface area contributed by atoms with Gasteiger partial charge in [0.1, 0.15) is 5.75 Å². The van der Waals surface area contributed by atoms with Crippen molar-refractivity contribution in [2.45, 2.75) is 33.1 Å². The van der Waals surface area contributed by atoms with Gasteiger partial charge in [0.15, 0.2) is 5.11 Å². The van der Waals surface area contributed by atoms with E-state index in [0.29, 0.717) is 12.2 Å². The Bertz CT molecular complexity index is 749. The van der Waals surface area contributed by atoms with E-state index in [1.165, 1.54) is 5.56 Å². The number of hydrogen-bond donors (Lipinski definition) is 2. The zero-order valence-electron chi connectivity index (χ0n) is 15.1. The maximum atomic E-state index is 12.3. The molecule has 0 bridgehead atoms. The van der Waals surface area contributed by atoms with Crippen LogP contribution in [0.4, 0.5) is 5.69 Å². The van der Waals surface area contributed by atoms with Crippen LogP contribution in [0.1, 0.15) is 43.6 Å². The summed E-state index contributed by atoms with van der Waals surface area (Å²) < 4.78 is 5.45. The molecule has 5 heteroatoms. The average molecular weight is 356 g/mol. The molecule has 2 N–H and O–H groups in total. The van der Waals surface area contributed by atoms with Crippen LogP contribution >= 0.6 is 12.2 Å². The number of carbonyl (C=O) groups is 1. The first-order valence-corrected chi connectivity index (χ1v) is 8.66. The predicted molar refractivity (Wildman–Crippen MR) is 106 cm³/mol. The van der Waals surface area contributed by atoms with Crippen LogP contribution in [-0.4, -0.2) is 17.6 Å². The summed E-state index contributed by atoms with van der Waals surface area (Å²) in [5.74, 6) is 0.512. The fourth-order valence-electron chi connectivity index (χ4n) is 2.29. The Hall–Kier alpha value is -2.40. The molecule has 0 spiro atoms. The Balaban J connectivity index is 1.98. The fraction of sp³-hybridized carbons (Fsp3) is 0.300. The summed E-state index contributed by atoms with van der Waals surface area (Å²) in [7, 11) is 0. The van der Waals surface area contributed by atoms with Gasteiger partial charge in [0.25, 0.3) is 5.91 Å². The Morgan fingerprint density at radius 3 is 2.40 bits per heavy atom. The van der Waals surface area contributed by atoms with Gasteiger partial charge in [-0.25, -0.2) is 0 Å². The second-order valence-corrected chi connectivity index (χ2v) is 7.10. The minimum atomic E-state index is -0.237. The zero-order valence-corrected chi connectivity index (χ0v) is 15.9. The number of amides is 1. The predicted octanol–water partition coefficient (Wildman–Crippen LogP) is 4.51. The quantitative estimate of drug-likeness (QED) is 0.792. The van der Waals surface area contributed by atoms with Crippen molar-refractivity contribution in [1.29, 1.82) is 0 Å². The molecule has 0 heterocycles. The van der Waals surface area contributed by atoms with Gasteiger partial charge >= 0.3 is 0 Å². The topological polar surface area (TPSA) is 50.4 Å². The van der Waals surface area contributed by atoms with Gasteiger partial charge in [-0.3, -0.25) is 10.1 Å². The van der Waals surface area contributed by atoms with Crippen molar-refractivity contribution in [2.24, 2.45) is 0 Å². The summed E-state index contributed by atoms with van der Waals surface area (Å²) in [6.45, 7) is 8.93. The lowest BCUT2D eigenvalue weighted by molar-refractivity contribution is 0.0977. The van der Waals surface area contributed by atoms with Gasteiger partial charge < -0.3 is 10.1 Å². The number of thiocarbonyl (C=S) groups is 1. The van der Waals surface area contributed by atoms with E-state index in [1.54, 1.807) is 0 Å². The van der Waals surface area contributed by atoms with Gasteiger partial charge in [-0.05, 0) is 54.4 Å². The van der Waals surface area contributed by atoms with Crippen LogP contribution in [-0.2, 0) is 5.41 Å². The maximum Gasteiger partial charge on any atom is 0.257 e. The van der Waals surface area contributed by atoms with Crippen LogP contribution in [0.5, 0.6) is 5.75 Å². The molecule has 0 aliphatic rings. The van der Waals surface area contributed by atoms with Crippen molar-refractivity contribution >= 4 is 28.9 Å². The molecular formula is C20H24N2O2S. The van der Waals surface area contributed by atoms with E-state index in [9.17, 15) is 4.79 Å². The summed E-state index contributed by atoms with van der Waals surface area (Å²) in [6, 6.07) is 15.0. The van der Waals surface area contributed by atoms with Gasteiger partial charge in [-0.2, -0.15) is 0 Å². The molecule has 0 aliphatic carbocycles. The number of ether oxygens (including phenoxy) is 1. The minimum Gasteiger partial charge on any atom is -0.494 e. The van der Waals surface area contributed by atoms with E-state index in [4.69, 9.17) is 17.0 Å². The summed E-state index contributed by atoms with van der Waals surface area (Å²) in [4.78, 5) is 12.3. The first kappa shape index (κ1) is 18.9. The van der Waals surface area contributed by atoms with Crippen molar-refractivity contribution in [3.05, 3.63) is 59.7 Å². The first-order chi connectivity index (χ1) is 11.8. The Labute approximate surface area is 154 Å². The Morgan fingerprint density at radius 1 is 1.12 bits per heavy atom. The highest BCUT2D eigenvalue weighted by Crippen LogP contribution is 2.22. The first-order valence-electron chi connectivity index (χ1n) is 8.25. The molecule has 0 radical (unpaired) electrons. The molecule has 2 aromatic carbocycles. The monoisotopic (exact) mass is 356 g/mol. The number of anilines is 1. The van der Waals surface area contributed by atoms with Gasteiger partial charge in [-0.15, -0.1) is 0 Å². The number of rotatable bonds is 4. The van der Waals surface area contributed by atoms with Crippen molar-refractivity contribution < 1.29 is 9.53 Å². The van der Waals surface area contributed by atoms with Crippen LogP contribution in [0.15, 0.2) is 48.5 Å². The van der Waals surface area contributed by atoms with Crippen LogP contribution in [0.3, 0.4) is 0 Å². The maximum absolute atomic E-state index is 12.3. The lowest BCUT2D eigenvalue weighted by Gasteiger charge is -2.19. The van der Waals surface area contributed by atoms with Gasteiger partial charge in [-0.1, -0.05) is 39.0 Å². The molecule has 0 aliphatic heterocycles. The Kier molecular flexibility index (Phi) is 6.15. The molecule has 25 heavy (non-hydrogen) atoms. The minimum absolute atomic E-state index is 0.0530. The number of hydrogen-bond acceptors (Lipinski definition) is 3. The van der Waals surface area contributed by atoms with Crippen LogP contribution in [0, 0.1) is 0 Å². The summed E-state index contributed by atoms with van der Waals surface area (Å²) in [5.41, 5.74) is 2.56. The third kappa shape index (κ3) is 5.57. The van der Waals surface area contributed by atoms with Crippen LogP contribution in [0.25, 0.3) is 0 Å². The smallest absolute Gasteiger partial charge is 0.257 e. The van der Waals surface area contributed by atoms with Crippen molar-refractivity contribution in [2.75, 3.05) is 11.9 Å². The van der Waals surface area contributed by atoms with Crippen molar-refractivity contribution in [1.82, 2.24) is 5.32 Å². The van der Waals surface area contributed by atoms with Gasteiger partial charge in [0.2, 0.25) is 0 Å². The summed E-state index contributed by atoms with van der Waals surface area (Å²) in [6.07, 6.45) is 0. The SMILES string of the molecule is CCOc1cccc(NC(=S)NC(=O)c2ccc(C(C)(C)C)cc2)c1. The van der Waals surface area contributed by atoms with Crippen molar-refractivity contribution in [3.8, 4) is 5.75 Å². The van der Waals surface area contributed by atoms with Crippen LogP contribution in [0.2, 0.25) is 0 Å². The van der Waals surface area contributed by atoms with E-state index >= 15 is 0 Å². The van der Waals surface area contributed by atoms with E-state index in [-0.39, 0.29) is 16.4 Å². The second-order valence-electron chi connectivity index (χ2n) is 6.70. The van der Waals surface area contributed by atoms with Crippen molar-refractivity contribution in [3.63, 3.8) is 0 Å². The molecule has 2 aromatic rings. The molecule has 2 rings (SSSR count). The molecule has 0 aromatic heterocycles. The number of benzene rings is 2. The summed E-state index contributed by atoms with van der Waals surface area (Å²) >= 11 is 5.22. The zero-order chi connectivity index (χ0) is 18.4. The van der Waals surface area contributed by atoms with E-state index in [2.05, 4.69) is 31.4 Å². The highest BCUT2D eigenvalue weighted by Gasteiger charge is 2.14. The molecule has 0 atom stereocenters. The van der Waals surface area contributed by atoms with Gasteiger partial charge in [0.05, 0.1) is 6.61 Å². The molecule has 0 saturated heterocycles. The van der Waals surface area contributed by atoms with E-state index in [1.807, 2.05) is 55.5 Å². The lowest BCUT2D eigenvalue weighted by Crippen LogP contribution is -2.34. The van der Waals surface area contributed by atoms with Crippen LogP contribution < -0.4 is 15.4 Å². The highest BCUT2D eigenvalue weighted by atomic mass is 32.1. The molecule has 4 nitrogen and oxygen atoms in total. The Morgan fingerprint density at radius 2 is 1.80 bits per heavy atom. The molecule has 0 fully saturated rings. The van der Waals surface area contributed by atoms with Gasteiger partial charge in [0, 0.05) is 17.3 Å². The highest BCUT2D eigenvalue weighted by molar-refractivity contribution is 7.80. The average Bonchev–Trinajstić information content (AvgIpc) is 2.54. The molecular weight excluding hydrogens is 332 g/mol. The molecule has 0 saturated carbocycles. The van der Waals surface area contributed by atoms with E-state index < -0.39 is 0 Å². The standard InChI is InChI=1S/C20H24N2O2S/c1-5-24-17-8-6-7-16(13-17)21-19(25)22-18(23)14-9-11-15(12-10-14)20(2,3)4/h6-13H,5H2,1-4H3,(H2,21,22,23,25). The molecule has 0 unspecified atom stereocenters. The third-order valence-electron chi connectivity index (χ3n) is 3.64. The fourth-order valence-corrected chi connectivity index (χ4v) is 2.50. The summed E-state index contributed by atoms with van der Waals surface area (Å²) in [5, 5.41) is 5.94. The third-order valence-corrected chi connectivity index (χ3v) is 3.85. The number of nitrogens with one attached hydrogen (secondary N) is 2. The lowest BCUT2D eigenvalue weighted by atomic mass is 9.87. The number of carbonyl (C=O) groups excluding carboxylic acids is 1.